The molecule has 2 rings (SSSR count). The number of hydrogen-bond donors (Lipinski definition) is 2. The predicted molar refractivity (Wildman–Crippen MR) is 66.7 cm³/mol. The van der Waals surface area contributed by atoms with Crippen molar-refractivity contribution in [1.82, 2.24) is 0 Å². The first-order valence-corrected chi connectivity index (χ1v) is 6.46. The Morgan fingerprint density at radius 3 is 2.94 bits per heavy atom. The van der Waals surface area contributed by atoms with Crippen LogP contribution in [0.4, 0.5) is 0 Å². The molecule has 98 valence electrons. The molecule has 1 aliphatic heterocycles. The van der Waals surface area contributed by atoms with Crippen molar-refractivity contribution in [3.8, 4) is 11.5 Å². The summed E-state index contributed by atoms with van der Waals surface area (Å²) >= 11 is 0.975. The molecule has 6 heteroatoms. The number of para-hydroxylation sites is 1. The van der Waals surface area contributed by atoms with Crippen LogP contribution < -0.4 is 9.47 Å². The zero-order valence-corrected chi connectivity index (χ0v) is 10.6. The molecular formula is C12H14O5S. The Morgan fingerprint density at radius 2 is 2.22 bits per heavy atom. The van der Waals surface area contributed by atoms with Crippen LogP contribution in [0.25, 0.3) is 0 Å². The molecule has 1 aromatic carbocycles. The van der Waals surface area contributed by atoms with E-state index >= 15 is 0 Å². The van der Waals surface area contributed by atoms with E-state index in [0.717, 1.165) is 11.8 Å². The van der Waals surface area contributed by atoms with E-state index in [0.29, 0.717) is 17.1 Å². The summed E-state index contributed by atoms with van der Waals surface area (Å²) in [6.07, 6.45) is -2.14. The van der Waals surface area contributed by atoms with Crippen LogP contribution in [0, 0.1) is 0 Å². The first-order chi connectivity index (χ1) is 8.59. The number of thioether (sulfide) groups is 1. The molecular weight excluding hydrogens is 256 g/mol. The minimum absolute atomic E-state index is 0.0980. The number of hydrogen-bond acceptors (Lipinski definition) is 6. The third-order valence-electron chi connectivity index (χ3n) is 2.57. The van der Waals surface area contributed by atoms with Crippen LogP contribution in [0.5, 0.6) is 11.5 Å². The van der Waals surface area contributed by atoms with E-state index in [4.69, 9.17) is 9.47 Å². The quantitative estimate of drug-likeness (QED) is 0.853. The summed E-state index contributed by atoms with van der Waals surface area (Å²) in [5.41, 5.74) is 0.474. The molecule has 0 aromatic heterocycles. The average Bonchev–Trinajstić information content (AvgIpc) is 2.82. The van der Waals surface area contributed by atoms with Gasteiger partial charge in [0, 0.05) is 18.2 Å². The summed E-state index contributed by atoms with van der Waals surface area (Å²) in [6, 6.07) is 5.12. The second-order valence-electron chi connectivity index (χ2n) is 3.90. The molecule has 2 atom stereocenters. The maximum atomic E-state index is 10.8. The minimum atomic E-state index is -1.10. The lowest BCUT2D eigenvalue weighted by Crippen LogP contribution is -2.21. The van der Waals surface area contributed by atoms with Crippen LogP contribution in [0.1, 0.15) is 18.6 Å². The van der Waals surface area contributed by atoms with E-state index in [-0.39, 0.29) is 17.7 Å². The molecule has 0 fully saturated rings. The first-order valence-electron chi connectivity index (χ1n) is 5.47. The Bertz CT molecular complexity index is 448. The van der Waals surface area contributed by atoms with Gasteiger partial charge in [-0.05, 0) is 6.07 Å². The summed E-state index contributed by atoms with van der Waals surface area (Å²) in [6.45, 7) is 1.53. The van der Waals surface area contributed by atoms with Crippen molar-refractivity contribution in [2.75, 3.05) is 12.5 Å². The molecule has 0 spiro atoms. The minimum Gasteiger partial charge on any atom is -0.454 e. The highest BCUT2D eigenvalue weighted by Gasteiger charge is 2.26. The van der Waals surface area contributed by atoms with E-state index in [9.17, 15) is 15.0 Å². The fourth-order valence-corrected chi connectivity index (χ4v) is 2.27. The Kier molecular flexibility index (Phi) is 4.11. The third kappa shape index (κ3) is 2.77. The molecule has 0 aliphatic carbocycles. The van der Waals surface area contributed by atoms with Crippen molar-refractivity contribution >= 4 is 16.9 Å². The van der Waals surface area contributed by atoms with Crippen LogP contribution in [-0.2, 0) is 4.79 Å². The van der Waals surface area contributed by atoms with E-state index in [1.54, 1.807) is 18.2 Å². The van der Waals surface area contributed by atoms with Crippen LogP contribution >= 0.6 is 11.8 Å². The number of carbonyl (C=O) groups excluding carboxylic acids is 1. The fourth-order valence-electron chi connectivity index (χ4n) is 1.69. The molecule has 0 saturated heterocycles. The first kappa shape index (κ1) is 13.2. The Hall–Kier alpha value is -1.24. The van der Waals surface area contributed by atoms with Gasteiger partial charge >= 0.3 is 0 Å². The zero-order chi connectivity index (χ0) is 13.1. The van der Waals surface area contributed by atoms with Gasteiger partial charge in [-0.15, -0.1) is 0 Å². The average molecular weight is 270 g/mol. The lowest BCUT2D eigenvalue weighted by molar-refractivity contribution is -0.109. The number of carbonyl (C=O) groups is 1. The van der Waals surface area contributed by atoms with Crippen molar-refractivity contribution in [1.29, 1.82) is 0 Å². The zero-order valence-electron chi connectivity index (χ0n) is 9.83. The molecule has 1 heterocycles. The Morgan fingerprint density at radius 1 is 1.44 bits per heavy atom. The number of benzene rings is 1. The highest BCUT2D eigenvalue weighted by molar-refractivity contribution is 8.13. The van der Waals surface area contributed by atoms with Crippen molar-refractivity contribution in [3.63, 3.8) is 0 Å². The number of aliphatic hydroxyl groups excluding tert-OH is 2. The molecule has 0 radical (unpaired) electrons. The standard InChI is InChI=1S/C12H14O5S/c1-7(13)18-5-9(14)11(15)8-3-2-4-10-12(8)17-6-16-10/h2-4,9,11,14-15H,5-6H2,1H3. The van der Waals surface area contributed by atoms with E-state index in [1.165, 1.54) is 6.92 Å². The highest BCUT2D eigenvalue weighted by atomic mass is 32.2. The lowest BCUT2D eigenvalue weighted by Gasteiger charge is -2.18. The predicted octanol–water partition coefficient (Wildman–Crippen LogP) is 1.09. The maximum absolute atomic E-state index is 10.8. The number of rotatable bonds is 4. The number of fused-ring (bicyclic) bond motifs is 1. The number of ether oxygens (including phenoxy) is 2. The monoisotopic (exact) mass is 270 g/mol. The molecule has 2 N–H and O–H groups in total. The summed E-state index contributed by atoms with van der Waals surface area (Å²) in [4.78, 5) is 10.8. The molecule has 5 nitrogen and oxygen atoms in total. The Labute approximate surface area is 109 Å². The van der Waals surface area contributed by atoms with Crippen molar-refractivity contribution in [2.45, 2.75) is 19.1 Å². The fraction of sp³-hybridized carbons (Fsp3) is 0.417. The summed E-state index contributed by atoms with van der Waals surface area (Å²) < 4.78 is 10.5. The van der Waals surface area contributed by atoms with E-state index in [1.807, 2.05) is 0 Å². The summed E-state index contributed by atoms with van der Waals surface area (Å²) in [7, 11) is 0. The largest absolute Gasteiger partial charge is 0.454 e. The molecule has 1 aromatic rings. The van der Waals surface area contributed by atoms with E-state index in [2.05, 4.69) is 0 Å². The molecule has 0 amide bonds. The Balaban J connectivity index is 2.11. The van der Waals surface area contributed by atoms with Crippen LogP contribution in [0.2, 0.25) is 0 Å². The van der Waals surface area contributed by atoms with Gasteiger partial charge in [0.15, 0.2) is 16.6 Å². The van der Waals surface area contributed by atoms with Crippen LogP contribution in [0.15, 0.2) is 18.2 Å². The van der Waals surface area contributed by atoms with Gasteiger partial charge in [0.05, 0.1) is 6.10 Å². The van der Waals surface area contributed by atoms with Gasteiger partial charge in [-0.1, -0.05) is 23.9 Å². The summed E-state index contributed by atoms with van der Waals surface area (Å²) in [5, 5.41) is 19.8. The van der Waals surface area contributed by atoms with Crippen molar-refractivity contribution in [2.24, 2.45) is 0 Å². The van der Waals surface area contributed by atoms with Gasteiger partial charge in [-0.25, -0.2) is 0 Å². The smallest absolute Gasteiger partial charge is 0.231 e. The van der Waals surface area contributed by atoms with E-state index < -0.39 is 12.2 Å². The van der Waals surface area contributed by atoms with Gasteiger partial charge in [0.2, 0.25) is 6.79 Å². The second kappa shape index (κ2) is 5.60. The van der Waals surface area contributed by atoms with Crippen LogP contribution in [0.3, 0.4) is 0 Å². The van der Waals surface area contributed by atoms with Crippen molar-refractivity contribution < 1.29 is 24.5 Å². The highest BCUT2D eigenvalue weighted by Crippen LogP contribution is 2.39. The molecule has 0 saturated carbocycles. The second-order valence-corrected chi connectivity index (χ2v) is 5.09. The van der Waals surface area contributed by atoms with Gasteiger partial charge in [0.1, 0.15) is 6.10 Å². The molecule has 18 heavy (non-hydrogen) atoms. The lowest BCUT2D eigenvalue weighted by atomic mass is 10.0. The normalized spacial score (nSPS) is 16.4. The molecule has 1 aliphatic rings. The topological polar surface area (TPSA) is 76.0 Å². The van der Waals surface area contributed by atoms with Gasteiger partial charge in [-0.3, -0.25) is 4.79 Å². The van der Waals surface area contributed by atoms with Crippen molar-refractivity contribution in [3.05, 3.63) is 23.8 Å². The van der Waals surface area contributed by atoms with Gasteiger partial charge in [0.25, 0.3) is 0 Å². The number of aliphatic hydroxyl groups is 2. The van der Waals surface area contributed by atoms with Gasteiger partial charge in [-0.2, -0.15) is 0 Å². The third-order valence-corrected chi connectivity index (χ3v) is 3.48. The maximum Gasteiger partial charge on any atom is 0.231 e. The van der Waals surface area contributed by atoms with Gasteiger partial charge < -0.3 is 19.7 Å². The van der Waals surface area contributed by atoms with Crippen LogP contribution in [-0.4, -0.2) is 34.0 Å². The SMILES string of the molecule is CC(=O)SCC(O)C(O)c1cccc2c1OCO2. The molecule has 2 unspecified atom stereocenters. The molecule has 0 bridgehead atoms. The summed E-state index contributed by atoms with van der Waals surface area (Å²) in [5.74, 6) is 1.15.